The number of nitrogens with zero attached hydrogens (tertiary/aromatic N) is 1. The highest BCUT2D eigenvalue weighted by Gasteiger charge is 2.70. The summed E-state index contributed by atoms with van der Waals surface area (Å²) in [7, 11) is 0. The number of ether oxygens (including phenoxy) is 1. The molecule has 4 fully saturated rings. The molecule has 0 radical (unpaired) electrons. The molecule has 0 spiro atoms. The molecule has 1 unspecified atom stereocenters. The predicted molar refractivity (Wildman–Crippen MR) is 192 cm³/mol. The van der Waals surface area contributed by atoms with E-state index in [0.29, 0.717) is 23.9 Å². The number of anilines is 1. The molecule has 0 bridgehead atoms. The number of Topliss-reactive ketones (excluding diaryl/α,β-unsaturated/α-hetero) is 1. The van der Waals surface area contributed by atoms with Crippen LogP contribution in [-0.2, 0) is 19.1 Å². The van der Waals surface area contributed by atoms with E-state index in [1.54, 1.807) is 38.4 Å². The van der Waals surface area contributed by atoms with E-state index in [2.05, 4.69) is 64.1 Å². The molecule has 5 aliphatic rings. The zero-order valence-electron chi connectivity index (χ0n) is 31.7. The van der Waals surface area contributed by atoms with Crippen molar-refractivity contribution >= 4 is 29.4 Å². The highest BCUT2D eigenvalue weighted by atomic mass is 16.5. The van der Waals surface area contributed by atoms with Crippen LogP contribution in [0.25, 0.3) is 0 Å². The second-order valence-electron chi connectivity index (χ2n) is 18.8. The van der Waals surface area contributed by atoms with Crippen molar-refractivity contribution < 1.29 is 29.0 Å². The number of carboxylic acid groups (broad SMARTS) is 1. The lowest BCUT2D eigenvalue weighted by atomic mass is 9.33. The van der Waals surface area contributed by atoms with Gasteiger partial charge in [-0.25, -0.2) is 4.79 Å². The normalized spacial score (nSPS) is 37.6. The van der Waals surface area contributed by atoms with Gasteiger partial charge < -0.3 is 20.5 Å². The lowest BCUT2D eigenvalue weighted by molar-refractivity contribution is -0.232. The molecule has 4 saturated carbocycles. The van der Waals surface area contributed by atoms with Gasteiger partial charge in [-0.2, -0.15) is 0 Å². The summed E-state index contributed by atoms with van der Waals surface area (Å²) >= 11 is 0. The summed E-state index contributed by atoms with van der Waals surface area (Å²) in [6.45, 7) is 19.4. The molecule has 2 amide bonds. The Bertz CT molecular complexity index is 1600. The van der Waals surface area contributed by atoms with Gasteiger partial charge in [0.2, 0.25) is 0 Å². The van der Waals surface area contributed by atoms with E-state index >= 15 is 0 Å². The molecular formula is C41H59N3O6. The zero-order valence-corrected chi connectivity index (χ0v) is 31.7. The standard InChI is InChI=1S/C41H59N3O6/c1-24(2)32-27(45)22-41(44-35(49)43-25-14-20-42-21-15-25)19-18-39(8)26(33(32)41)10-11-29-38(7)16-13-30(50-31(46)23-36(3,4)34(47)48)37(5,6)28(38)12-17-40(29,39)9/h14-15,20-21,24,26,28-30H,10-13,16-19,22-23H2,1-9H3,(H,47,48)(H2,42,43,44,49)/t26?,28-,29+,30-,38-,39+,40+,41+/m0/s1. The number of ketones is 1. The summed E-state index contributed by atoms with van der Waals surface area (Å²) in [4.78, 5) is 56.3. The van der Waals surface area contributed by atoms with Crippen LogP contribution in [0, 0.1) is 50.7 Å². The molecule has 274 valence electrons. The number of esters is 1. The number of hydrogen-bond acceptors (Lipinski definition) is 6. The van der Waals surface area contributed by atoms with Crippen LogP contribution in [0.2, 0.25) is 0 Å². The fraction of sp³-hybridized carbons (Fsp3) is 0.732. The van der Waals surface area contributed by atoms with Crippen molar-refractivity contribution in [2.75, 3.05) is 5.32 Å². The first-order chi connectivity index (χ1) is 23.2. The van der Waals surface area contributed by atoms with Gasteiger partial charge in [0, 0.05) is 29.9 Å². The van der Waals surface area contributed by atoms with Gasteiger partial charge in [0.05, 0.1) is 17.4 Å². The van der Waals surface area contributed by atoms with Crippen LogP contribution < -0.4 is 10.6 Å². The molecule has 6 rings (SSSR count). The van der Waals surface area contributed by atoms with Crippen LogP contribution in [0.4, 0.5) is 10.5 Å². The highest BCUT2D eigenvalue weighted by Crippen LogP contribution is 2.76. The molecular weight excluding hydrogens is 630 g/mol. The largest absolute Gasteiger partial charge is 0.481 e. The minimum Gasteiger partial charge on any atom is -0.481 e. The Balaban J connectivity index is 1.28. The van der Waals surface area contributed by atoms with Crippen molar-refractivity contribution in [3.05, 3.63) is 35.7 Å². The van der Waals surface area contributed by atoms with Crippen molar-refractivity contribution in [2.24, 2.45) is 50.7 Å². The maximum absolute atomic E-state index is 13.9. The molecule has 1 heterocycles. The number of aromatic nitrogens is 1. The van der Waals surface area contributed by atoms with Crippen LogP contribution in [0.3, 0.4) is 0 Å². The Morgan fingerprint density at radius 1 is 0.940 bits per heavy atom. The number of carbonyl (C=O) groups excluding carboxylic acids is 3. The lowest BCUT2D eigenvalue weighted by Gasteiger charge is -2.72. The van der Waals surface area contributed by atoms with Crippen LogP contribution in [-0.4, -0.2) is 45.5 Å². The van der Waals surface area contributed by atoms with Crippen LogP contribution in [0.5, 0.6) is 0 Å². The van der Waals surface area contributed by atoms with Crippen LogP contribution in [0.15, 0.2) is 35.7 Å². The predicted octanol–water partition coefficient (Wildman–Crippen LogP) is 8.35. The van der Waals surface area contributed by atoms with E-state index in [1.807, 2.05) is 0 Å². The molecule has 9 nitrogen and oxygen atoms in total. The van der Waals surface area contributed by atoms with Gasteiger partial charge in [-0.1, -0.05) is 48.5 Å². The number of carbonyl (C=O) groups is 4. The SMILES string of the molecule is CC(C)C1=C2C3CC[C@@H]4[C@@]5(C)CC[C@H](OC(=O)CC(C)(C)C(=O)O)C(C)(C)[C@@H]5CC[C@@]4(C)[C@]3(C)CC[C@@]2(NC(=O)Nc2ccncc2)CC1=O. The molecule has 1 aromatic heterocycles. The molecule has 5 aliphatic carbocycles. The average Bonchev–Trinajstić information content (AvgIpc) is 3.30. The van der Waals surface area contributed by atoms with Gasteiger partial charge >= 0.3 is 18.0 Å². The van der Waals surface area contributed by atoms with E-state index in [0.717, 1.165) is 56.9 Å². The van der Waals surface area contributed by atoms with Gasteiger partial charge in [-0.15, -0.1) is 0 Å². The van der Waals surface area contributed by atoms with Gasteiger partial charge in [-0.3, -0.25) is 19.4 Å². The third-order valence-electron chi connectivity index (χ3n) is 15.1. The molecule has 0 aliphatic heterocycles. The lowest BCUT2D eigenvalue weighted by Crippen LogP contribution is -2.67. The molecule has 0 aromatic carbocycles. The Hall–Kier alpha value is -3.23. The molecule has 3 N–H and O–H groups in total. The number of amides is 2. The van der Waals surface area contributed by atoms with E-state index in [4.69, 9.17) is 4.74 Å². The van der Waals surface area contributed by atoms with Crippen molar-refractivity contribution in [1.82, 2.24) is 10.3 Å². The number of carboxylic acids is 1. The second kappa shape index (κ2) is 12.2. The summed E-state index contributed by atoms with van der Waals surface area (Å²) in [5.74, 6) is -0.159. The molecule has 1 aromatic rings. The first-order valence-corrected chi connectivity index (χ1v) is 18.9. The van der Waals surface area contributed by atoms with E-state index < -0.39 is 22.9 Å². The summed E-state index contributed by atoms with van der Waals surface area (Å²) in [5, 5.41) is 15.9. The highest BCUT2D eigenvalue weighted by molar-refractivity contribution is 6.03. The van der Waals surface area contributed by atoms with Gasteiger partial charge in [0.25, 0.3) is 0 Å². The number of nitrogens with one attached hydrogen (secondary N) is 2. The molecule has 50 heavy (non-hydrogen) atoms. The number of rotatable bonds is 7. The minimum atomic E-state index is -1.17. The van der Waals surface area contributed by atoms with E-state index in [9.17, 15) is 24.3 Å². The maximum atomic E-state index is 13.9. The van der Waals surface area contributed by atoms with Crippen molar-refractivity contribution in [3.8, 4) is 0 Å². The van der Waals surface area contributed by atoms with Crippen molar-refractivity contribution in [2.45, 2.75) is 138 Å². The Morgan fingerprint density at radius 3 is 2.26 bits per heavy atom. The zero-order chi connectivity index (χ0) is 36.7. The fourth-order valence-electron chi connectivity index (χ4n) is 12.4. The van der Waals surface area contributed by atoms with Gasteiger partial charge in [0.1, 0.15) is 6.10 Å². The summed E-state index contributed by atoms with van der Waals surface area (Å²) in [6, 6.07) is 3.25. The quantitative estimate of drug-likeness (QED) is 0.245. The number of urea groups is 1. The first kappa shape index (κ1) is 36.6. The number of aliphatic carboxylic acids is 1. The Labute approximate surface area is 298 Å². The smallest absolute Gasteiger partial charge is 0.319 e. The van der Waals surface area contributed by atoms with E-state index in [1.165, 1.54) is 5.57 Å². The molecule has 9 heteroatoms. The van der Waals surface area contributed by atoms with Gasteiger partial charge in [-0.05, 0) is 128 Å². The molecule has 8 atom stereocenters. The maximum Gasteiger partial charge on any atom is 0.319 e. The van der Waals surface area contributed by atoms with Gasteiger partial charge in [0.15, 0.2) is 5.78 Å². The minimum absolute atomic E-state index is 0.0262. The average molecular weight is 690 g/mol. The van der Waals surface area contributed by atoms with Crippen molar-refractivity contribution in [1.29, 1.82) is 0 Å². The number of hydrogen-bond donors (Lipinski definition) is 3. The Kier molecular flexibility index (Phi) is 8.91. The first-order valence-electron chi connectivity index (χ1n) is 18.9. The topological polar surface area (TPSA) is 135 Å². The number of allylic oxidation sites excluding steroid dienone is 1. The Morgan fingerprint density at radius 2 is 1.62 bits per heavy atom. The summed E-state index contributed by atoms with van der Waals surface area (Å²) < 4.78 is 6.14. The third-order valence-corrected chi connectivity index (χ3v) is 15.1. The fourth-order valence-corrected chi connectivity index (χ4v) is 12.4. The van der Waals surface area contributed by atoms with Crippen LogP contribution >= 0.6 is 0 Å². The van der Waals surface area contributed by atoms with Crippen molar-refractivity contribution in [3.63, 3.8) is 0 Å². The third kappa shape index (κ3) is 5.51. The summed E-state index contributed by atoms with van der Waals surface area (Å²) in [5.41, 5.74) is 0.718. The number of pyridine rings is 1. The van der Waals surface area contributed by atoms with E-state index in [-0.39, 0.29) is 57.8 Å². The number of fused-ring (bicyclic) bond motifs is 7. The second-order valence-corrected chi connectivity index (χ2v) is 18.8. The van der Waals surface area contributed by atoms with Crippen LogP contribution in [0.1, 0.15) is 127 Å². The monoisotopic (exact) mass is 689 g/mol. The molecule has 0 saturated heterocycles. The summed E-state index contributed by atoms with van der Waals surface area (Å²) in [6.07, 6.45) is 10.8.